The van der Waals surface area contributed by atoms with Crippen LogP contribution in [0.2, 0.25) is 0 Å². The van der Waals surface area contributed by atoms with Crippen LogP contribution in [0.4, 0.5) is 23.8 Å². The van der Waals surface area contributed by atoms with Crippen LogP contribution < -0.4 is 10.2 Å². The van der Waals surface area contributed by atoms with Gasteiger partial charge in [0.1, 0.15) is 17.8 Å². The first-order chi connectivity index (χ1) is 15.2. The number of alkyl halides is 3. The van der Waals surface area contributed by atoms with E-state index < -0.39 is 23.9 Å². The topological polar surface area (TPSA) is 66.8 Å². The van der Waals surface area contributed by atoms with Crippen LogP contribution >= 0.6 is 0 Å². The van der Waals surface area contributed by atoms with Crippen molar-refractivity contribution in [3.05, 3.63) is 41.7 Å². The second-order valence-corrected chi connectivity index (χ2v) is 8.07. The molecule has 6 nitrogen and oxygen atoms in total. The van der Waals surface area contributed by atoms with Crippen molar-refractivity contribution in [3.63, 3.8) is 0 Å². The van der Waals surface area contributed by atoms with Crippen LogP contribution in [-0.2, 0) is 10.9 Å². The smallest absolute Gasteiger partial charge is 0.416 e. The van der Waals surface area contributed by atoms with Crippen molar-refractivity contribution in [1.82, 2.24) is 10.3 Å². The number of alkyl carbamates (subject to hydrolysis) is 1. The Morgan fingerprint density at radius 3 is 2.50 bits per heavy atom. The van der Waals surface area contributed by atoms with E-state index in [1.807, 2.05) is 18.7 Å². The van der Waals surface area contributed by atoms with E-state index in [1.165, 1.54) is 6.20 Å². The maximum atomic E-state index is 13.8. The number of halogens is 3. The molecule has 1 aliphatic carbocycles. The molecular formula is C23H29F3N4O2. The number of carbonyl (C=O) groups excluding carboxylic acids is 1. The number of nitrogens with one attached hydrogen (secondary N) is 1. The molecule has 174 valence electrons. The first kappa shape index (κ1) is 23.8. The normalized spacial score (nSPS) is 21.8. The van der Waals surface area contributed by atoms with Gasteiger partial charge in [0.15, 0.2) is 0 Å². The summed E-state index contributed by atoms with van der Waals surface area (Å²) >= 11 is 0. The van der Waals surface area contributed by atoms with Crippen LogP contribution in [0.5, 0.6) is 0 Å². The second-order valence-electron chi connectivity index (χ2n) is 8.07. The number of aromatic nitrogens is 1. The van der Waals surface area contributed by atoms with Gasteiger partial charge in [-0.3, -0.25) is 5.32 Å². The zero-order chi connectivity index (χ0) is 23.5. The number of cyclic esters (lactones) is 1. The summed E-state index contributed by atoms with van der Waals surface area (Å²) in [6, 6.07) is 2.15. The lowest BCUT2D eigenvalue weighted by molar-refractivity contribution is -0.137. The van der Waals surface area contributed by atoms with E-state index in [1.54, 1.807) is 6.92 Å². The molecule has 1 atom stereocenters. The van der Waals surface area contributed by atoms with Crippen molar-refractivity contribution >= 4 is 23.3 Å². The van der Waals surface area contributed by atoms with Crippen molar-refractivity contribution in [1.29, 1.82) is 0 Å². The zero-order valence-corrected chi connectivity index (χ0v) is 18.6. The highest BCUT2D eigenvalue weighted by Crippen LogP contribution is 2.42. The Bertz CT molecular complexity index is 930. The van der Waals surface area contributed by atoms with Crippen molar-refractivity contribution in [2.75, 3.05) is 18.0 Å². The van der Waals surface area contributed by atoms with Gasteiger partial charge >= 0.3 is 12.3 Å². The Morgan fingerprint density at radius 1 is 1.31 bits per heavy atom. The molecule has 1 saturated carbocycles. The Kier molecular flexibility index (Phi) is 7.26. The fraction of sp³-hybridized carbons (Fsp3) is 0.522. The summed E-state index contributed by atoms with van der Waals surface area (Å²) in [5.74, 6) is 0.637. The highest BCUT2D eigenvalue weighted by molar-refractivity contribution is 6.13. The predicted molar refractivity (Wildman–Crippen MR) is 118 cm³/mol. The summed E-state index contributed by atoms with van der Waals surface area (Å²) in [4.78, 5) is 22.7. The van der Waals surface area contributed by atoms with E-state index in [2.05, 4.69) is 21.9 Å². The van der Waals surface area contributed by atoms with Crippen LogP contribution in [0.15, 0.2) is 35.5 Å². The van der Waals surface area contributed by atoms with E-state index in [4.69, 9.17) is 4.74 Å². The van der Waals surface area contributed by atoms with Crippen molar-refractivity contribution in [3.8, 4) is 0 Å². The highest BCUT2D eigenvalue weighted by atomic mass is 19.4. The van der Waals surface area contributed by atoms with Crippen molar-refractivity contribution in [2.45, 2.75) is 58.7 Å². The van der Waals surface area contributed by atoms with Crippen molar-refractivity contribution in [2.24, 2.45) is 10.9 Å². The number of ether oxygens (including phenoxy) is 1. The molecule has 1 aromatic rings. The average Bonchev–Trinajstić information content (AvgIpc) is 3.57. The third-order valence-electron chi connectivity index (χ3n) is 5.50. The molecule has 1 unspecified atom stereocenters. The SMILES string of the molecule is C=CN=C1NC(=O)OC(C2CC2)/C1=C(/C)c1cc(C(F)(F)F)cc(N(CCC)CCC)n1. The number of hydrogen-bond donors (Lipinski definition) is 1. The zero-order valence-electron chi connectivity index (χ0n) is 18.6. The molecule has 2 aliphatic rings. The molecule has 1 saturated heterocycles. The van der Waals surface area contributed by atoms with Gasteiger partial charge in [-0.25, -0.2) is 14.8 Å². The quantitative estimate of drug-likeness (QED) is 0.563. The van der Waals surface area contributed by atoms with Gasteiger partial charge in [0, 0.05) is 30.8 Å². The first-order valence-electron chi connectivity index (χ1n) is 10.9. The third-order valence-corrected chi connectivity index (χ3v) is 5.50. The number of rotatable bonds is 8. The summed E-state index contributed by atoms with van der Waals surface area (Å²) < 4.78 is 46.8. The van der Waals surface area contributed by atoms with Gasteiger partial charge in [0.05, 0.1) is 11.3 Å². The minimum absolute atomic E-state index is 0.114. The number of anilines is 1. The van der Waals surface area contributed by atoms with Crippen LogP contribution in [0.3, 0.4) is 0 Å². The number of amidine groups is 1. The van der Waals surface area contributed by atoms with Gasteiger partial charge in [-0.15, -0.1) is 0 Å². The number of nitrogens with zero attached hydrogens (tertiary/aromatic N) is 3. The van der Waals surface area contributed by atoms with Gasteiger partial charge < -0.3 is 9.64 Å². The fourth-order valence-electron chi connectivity index (χ4n) is 3.87. The van der Waals surface area contributed by atoms with Crippen LogP contribution in [-0.4, -0.2) is 36.1 Å². The van der Waals surface area contributed by atoms with Gasteiger partial charge in [-0.05, 0) is 50.3 Å². The minimum atomic E-state index is -4.52. The Hall–Kier alpha value is -2.84. The molecule has 32 heavy (non-hydrogen) atoms. The number of amides is 1. The standard InChI is InChI=1S/C23H29F3N4O2/c1-5-10-30(11-6-2)18-13-16(23(24,25)26)12-17(28-18)14(4)19-20(15-8-9-15)32-22(31)29-21(19)27-7-3/h7,12-13,15,20H,3,5-6,8-11H2,1-2,4H3,(H,27,29,31)/b19-14+. The van der Waals surface area contributed by atoms with Gasteiger partial charge in [-0.1, -0.05) is 20.4 Å². The van der Waals surface area contributed by atoms with Crippen LogP contribution in [0, 0.1) is 5.92 Å². The first-order valence-corrected chi connectivity index (χ1v) is 10.9. The summed E-state index contributed by atoms with van der Waals surface area (Å²) in [6.45, 7) is 10.4. The molecule has 0 aromatic carbocycles. The van der Waals surface area contributed by atoms with E-state index in [9.17, 15) is 18.0 Å². The summed E-state index contributed by atoms with van der Waals surface area (Å²) in [5, 5.41) is 2.55. The lowest BCUT2D eigenvalue weighted by Crippen LogP contribution is -2.45. The number of hydrogen-bond acceptors (Lipinski definition) is 5. The molecule has 1 aliphatic heterocycles. The lowest BCUT2D eigenvalue weighted by atomic mass is 9.95. The third kappa shape index (κ3) is 5.31. The van der Waals surface area contributed by atoms with Crippen LogP contribution in [0.1, 0.15) is 57.7 Å². The molecule has 0 radical (unpaired) electrons. The average molecular weight is 451 g/mol. The molecule has 2 heterocycles. The molecule has 2 fully saturated rings. The molecule has 1 aromatic heterocycles. The molecular weight excluding hydrogens is 421 g/mol. The molecule has 3 rings (SSSR count). The number of aliphatic imine (C=N–C) groups is 1. The van der Waals surface area contributed by atoms with Crippen LogP contribution in [0.25, 0.3) is 5.57 Å². The predicted octanol–water partition coefficient (Wildman–Crippen LogP) is 5.56. The molecule has 0 bridgehead atoms. The molecule has 1 amide bonds. The summed E-state index contributed by atoms with van der Waals surface area (Å²) in [7, 11) is 0. The minimum Gasteiger partial charge on any atom is -0.441 e. The largest absolute Gasteiger partial charge is 0.441 e. The molecule has 1 N–H and O–H groups in total. The van der Waals surface area contributed by atoms with Gasteiger partial charge in [0.25, 0.3) is 0 Å². The molecule has 0 spiro atoms. The van der Waals surface area contributed by atoms with Gasteiger partial charge in [-0.2, -0.15) is 13.2 Å². The number of allylic oxidation sites excluding steroid dienone is 1. The lowest BCUT2D eigenvalue weighted by Gasteiger charge is -2.29. The maximum Gasteiger partial charge on any atom is 0.416 e. The van der Waals surface area contributed by atoms with E-state index >= 15 is 0 Å². The summed E-state index contributed by atoms with van der Waals surface area (Å²) in [5.41, 5.74) is 0.454. The van der Waals surface area contributed by atoms with E-state index in [0.29, 0.717) is 24.2 Å². The fourth-order valence-corrected chi connectivity index (χ4v) is 3.87. The van der Waals surface area contributed by atoms with Crippen molar-refractivity contribution < 1.29 is 22.7 Å². The Balaban J connectivity index is 2.19. The second kappa shape index (κ2) is 9.75. The van der Waals surface area contributed by atoms with E-state index in [0.717, 1.165) is 37.8 Å². The Labute approximate surface area is 186 Å². The molecule has 9 heteroatoms. The maximum absolute atomic E-state index is 13.8. The van der Waals surface area contributed by atoms with E-state index in [-0.39, 0.29) is 23.3 Å². The highest BCUT2D eigenvalue weighted by Gasteiger charge is 2.43. The number of carbonyl (C=O) groups is 1. The summed E-state index contributed by atoms with van der Waals surface area (Å²) in [6.07, 6.45) is -1.13. The number of pyridine rings is 1. The Morgan fingerprint density at radius 2 is 1.97 bits per heavy atom. The van der Waals surface area contributed by atoms with Gasteiger partial charge in [0.2, 0.25) is 0 Å². The monoisotopic (exact) mass is 450 g/mol.